The molecule has 1 atom stereocenters. The maximum absolute atomic E-state index is 12.6. The van der Waals surface area contributed by atoms with Crippen molar-refractivity contribution in [2.75, 3.05) is 25.2 Å². The fourth-order valence-corrected chi connectivity index (χ4v) is 4.04. The molecule has 2 aromatic rings. The smallest absolute Gasteiger partial charge is 0.255 e. The lowest BCUT2D eigenvalue weighted by molar-refractivity contribution is 0.102. The van der Waals surface area contributed by atoms with Crippen molar-refractivity contribution >= 4 is 23.4 Å². The van der Waals surface area contributed by atoms with Gasteiger partial charge in [-0.15, -0.1) is 11.8 Å². The summed E-state index contributed by atoms with van der Waals surface area (Å²) in [5, 5.41) is 3.10. The highest BCUT2D eigenvalue weighted by atomic mass is 32.2. The maximum Gasteiger partial charge on any atom is 0.255 e. The van der Waals surface area contributed by atoms with E-state index in [0.717, 1.165) is 18.5 Å². The van der Waals surface area contributed by atoms with Gasteiger partial charge < -0.3 is 10.2 Å². The average Bonchev–Trinajstić information content (AvgIpc) is 2.68. The molecule has 4 heteroatoms. The number of nitrogens with one attached hydrogen (secondary N) is 1. The molecule has 3 rings (SSSR count). The second-order valence-corrected chi connectivity index (χ2v) is 7.89. The van der Waals surface area contributed by atoms with E-state index in [1.165, 1.54) is 36.3 Å². The number of rotatable bonds is 6. The summed E-state index contributed by atoms with van der Waals surface area (Å²) in [6, 6.07) is 16.6. The minimum atomic E-state index is -0.0418. The SMILES string of the molecule is CSc1ccc(C(=O)Nc2ccccc2CCC2CCCCN2C)cc1. The predicted molar refractivity (Wildman–Crippen MR) is 111 cm³/mol. The summed E-state index contributed by atoms with van der Waals surface area (Å²) in [6.07, 6.45) is 8.11. The van der Waals surface area contributed by atoms with Crippen molar-refractivity contribution in [2.24, 2.45) is 0 Å². The number of nitrogens with zero attached hydrogens (tertiary/aromatic N) is 1. The molecular weight excluding hydrogens is 340 g/mol. The summed E-state index contributed by atoms with van der Waals surface area (Å²) in [5.74, 6) is -0.0418. The van der Waals surface area contributed by atoms with E-state index in [-0.39, 0.29) is 5.91 Å². The van der Waals surface area contributed by atoms with E-state index in [1.54, 1.807) is 11.8 Å². The van der Waals surface area contributed by atoms with Crippen LogP contribution in [0.5, 0.6) is 0 Å². The van der Waals surface area contributed by atoms with Crippen LogP contribution in [-0.2, 0) is 6.42 Å². The molecule has 1 N–H and O–H groups in total. The van der Waals surface area contributed by atoms with Crippen LogP contribution in [0.1, 0.15) is 41.6 Å². The highest BCUT2D eigenvalue weighted by Crippen LogP contribution is 2.23. The molecule has 138 valence electrons. The molecule has 1 fully saturated rings. The van der Waals surface area contributed by atoms with Gasteiger partial charge in [0, 0.05) is 22.2 Å². The van der Waals surface area contributed by atoms with Gasteiger partial charge in [-0.2, -0.15) is 0 Å². The number of likely N-dealkylation sites (tertiary alicyclic amines) is 1. The van der Waals surface area contributed by atoms with Crippen LogP contribution in [-0.4, -0.2) is 36.7 Å². The average molecular weight is 369 g/mol. The van der Waals surface area contributed by atoms with E-state index in [4.69, 9.17) is 0 Å². The van der Waals surface area contributed by atoms with Crippen LogP contribution in [0.4, 0.5) is 5.69 Å². The topological polar surface area (TPSA) is 32.3 Å². The Morgan fingerprint density at radius 2 is 1.92 bits per heavy atom. The van der Waals surface area contributed by atoms with Gasteiger partial charge in [0.05, 0.1) is 0 Å². The minimum Gasteiger partial charge on any atom is -0.322 e. The van der Waals surface area contributed by atoms with Crippen molar-refractivity contribution in [1.82, 2.24) is 4.90 Å². The van der Waals surface area contributed by atoms with Gasteiger partial charge in [-0.1, -0.05) is 24.6 Å². The molecule has 3 nitrogen and oxygen atoms in total. The Bertz CT molecular complexity index is 729. The number of piperidine rings is 1. The molecule has 0 bridgehead atoms. The van der Waals surface area contributed by atoms with E-state index in [9.17, 15) is 4.79 Å². The van der Waals surface area contributed by atoms with Gasteiger partial charge >= 0.3 is 0 Å². The lowest BCUT2D eigenvalue weighted by Gasteiger charge is -2.32. The minimum absolute atomic E-state index is 0.0418. The summed E-state index contributed by atoms with van der Waals surface area (Å²) in [7, 11) is 2.23. The van der Waals surface area contributed by atoms with E-state index in [1.807, 2.05) is 42.7 Å². The molecule has 1 amide bonds. The molecular formula is C22H28N2OS. The number of aryl methyl sites for hydroxylation is 1. The molecule has 0 saturated carbocycles. The molecule has 0 aliphatic carbocycles. The lowest BCUT2D eigenvalue weighted by atomic mass is 9.96. The highest BCUT2D eigenvalue weighted by Gasteiger charge is 2.19. The van der Waals surface area contributed by atoms with Gasteiger partial charge in [0.25, 0.3) is 5.91 Å². The van der Waals surface area contributed by atoms with Crippen LogP contribution < -0.4 is 5.32 Å². The summed E-state index contributed by atoms with van der Waals surface area (Å²) in [6.45, 7) is 1.20. The zero-order valence-electron chi connectivity index (χ0n) is 15.7. The fourth-order valence-electron chi connectivity index (χ4n) is 3.63. The van der Waals surface area contributed by atoms with Crippen LogP contribution in [0.15, 0.2) is 53.4 Å². The Kier molecular flexibility index (Phi) is 6.75. The van der Waals surface area contributed by atoms with Gasteiger partial charge in [-0.3, -0.25) is 4.79 Å². The summed E-state index contributed by atoms with van der Waals surface area (Å²) >= 11 is 1.68. The largest absolute Gasteiger partial charge is 0.322 e. The number of anilines is 1. The molecule has 1 unspecified atom stereocenters. The summed E-state index contributed by atoms with van der Waals surface area (Å²) in [4.78, 5) is 16.2. The van der Waals surface area contributed by atoms with Crippen molar-refractivity contribution in [3.63, 3.8) is 0 Å². The van der Waals surface area contributed by atoms with Crippen molar-refractivity contribution < 1.29 is 4.79 Å². The van der Waals surface area contributed by atoms with Crippen molar-refractivity contribution in [1.29, 1.82) is 0 Å². The lowest BCUT2D eigenvalue weighted by Crippen LogP contribution is -2.36. The van der Waals surface area contributed by atoms with E-state index < -0.39 is 0 Å². The van der Waals surface area contributed by atoms with Crippen molar-refractivity contribution in [2.45, 2.75) is 43.0 Å². The van der Waals surface area contributed by atoms with E-state index in [0.29, 0.717) is 11.6 Å². The molecule has 1 saturated heterocycles. The molecule has 1 aliphatic rings. The van der Waals surface area contributed by atoms with Gasteiger partial charge in [-0.05, 0) is 81.4 Å². The first-order valence-electron chi connectivity index (χ1n) is 9.41. The number of carbonyl (C=O) groups is 1. The van der Waals surface area contributed by atoms with Gasteiger partial charge in [-0.25, -0.2) is 0 Å². The first-order chi connectivity index (χ1) is 12.7. The third kappa shape index (κ3) is 4.89. The van der Waals surface area contributed by atoms with E-state index >= 15 is 0 Å². The van der Waals surface area contributed by atoms with Gasteiger partial charge in [0.2, 0.25) is 0 Å². The molecule has 0 aromatic heterocycles. The Hall–Kier alpha value is -1.78. The van der Waals surface area contributed by atoms with Crippen LogP contribution in [0, 0.1) is 0 Å². The Morgan fingerprint density at radius 3 is 2.65 bits per heavy atom. The number of hydrogen-bond acceptors (Lipinski definition) is 3. The standard InChI is InChI=1S/C22H28N2OS/c1-24-16-6-5-8-19(24)13-10-17-7-3-4-9-21(17)23-22(25)18-11-14-20(26-2)15-12-18/h3-4,7,9,11-12,14-15,19H,5-6,8,10,13,16H2,1-2H3,(H,23,25). The van der Waals surface area contributed by atoms with Gasteiger partial charge in [0.15, 0.2) is 0 Å². The van der Waals surface area contributed by atoms with Crippen molar-refractivity contribution in [3.8, 4) is 0 Å². The van der Waals surface area contributed by atoms with Gasteiger partial charge in [0.1, 0.15) is 0 Å². The molecule has 1 aliphatic heterocycles. The summed E-state index contributed by atoms with van der Waals surface area (Å²) < 4.78 is 0. The monoisotopic (exact) mass is 368 g/mol. The maximum atomic E-state index is 12.6. The quantitative estimate of drug-likeness (QED) is 0.722. The molecule has 0 radical (unpaired) electrons. The normalized spacial score (nSPS) is 17.8. The molecule has 2 aromatic carbocycles. The first kappa shape index (κ1) is 19.0. The number of thioether (sulfide) groups is 1. The third-order valence-electron chi connectivity index (χ3n) is 5.29. The number of amides is 1. The van der Waals surface area contributed by atoms with Crippen molar-refractivity contribution in [3.05, 3.63) is 59.7 Å². The molecule has 1 heterocycles. The number of carbonyl (C=O) groups excluding carboxylic acids is 1. The molecule has 26 heavy (non-hydrogen) atoms. The zero-order valence-corrected chi connectivity index (χ0v) is 16.5. The fraction of sp³-hybridized carbons (Fsp3) is 0.409. The Balaban J connectivity index is 1.65. The Labute approximate surface area is 161 Å². The highest BCUT2D eigenvalue weighted by molar-refractivity contribution is 7.98. The van der Waals surface area contributed by atoms with Crippen LogP contribution >= 0.6 is 11.8 Å². The van der Waals surface area contributed by atoms with Crippen LogP contribution in [0.3, 0.4) is 0 Å². The van der Waals surface area contributed by atoms with Crippen LogP contribution in [0.2, 0.25) is 0 Å². The number of para-hydroxylation sites is 1. The first-order valence-corrected chi connectivity index (χ1v) is 10.6. The number of hydrogen-bond donors (Lipinski definition) is 1. The number of benzene rings is 2. The van der Waals surface area contributed by atoms with E-state index in [2.05, 4.69) is 29.4 Å². The predicted octanol–water partition coefficient (Wildman–Crippen LogP) is 5.08. The zero-order chi connectivity index (χ0) is 18.4. The Morgan fingerprint density at radius 1 is 1.15 bits per heavy atom. The second kappa shape index (κ2) is 9.24. The third-order valence-corrected chi connectivity index (χ3v) is 6.03. The second-order valence-electron chi connectivity index (χ2n) is 7.01. The van der Waals surface area contributed by atoms with Crippen LogP contribution in [0.25, 0.3) is 0 Å². The summed E-state index contributed by atoms with van der Waals surface area (Å²) in [5.41, 5.74) is 2.86. The molecule has 0 spiro atoms.